The summed E-state index contributed by atoms with van der Waals surface area (Å²) in [5, 5.41) is 3.12. The Labute approximate surface area is 98.6 Å². The molecule has 2 unspecified atom stereocenters. The van der Waals surface area contributed by atoms with Crippen molar-refractivity contribution in [1.82, 2.24) is 10.3 Å². The first-order valence-electron chi connectivity index (χ1n) is 5.96. The molecule has 1 rings (SSSR count). The van der Waals surface area contributed by atoms with E-state index < -0.39 is 0 Å². The highest BCUT2D eigenvalue weighted by Crippen LogP contribution is 2.28. The van der Waals surface area contributed by atoms with Crippen LogP contribution in [0.4, 0.5) is 0 Å². The molecule has 0 saturated carbocycles. The Bertz CT molecular complexity index is 325. The van der Waals surface area contributed by atoms with Gasteiger partial charge in [0.25, 0.3) is 0 Å². The van der Waals surface area contributed by atoms with Gasteiger partial charge in [-0.05, 0) is 25.3 Å². The number of hydrogen-bond acceptors (Lipinski definition) is 3. The average Bonchev–Trinajstić information content (AvgIpc) is 2.63. The molecule has 0 bridgehead atoms. The van der Waals surface area contributed by atoms with Gasteiger partial charge in [0.05, 0.1) is 12.2 Å². The maximum atomic E-state index is 5.73. The third kappa shape index (κ3) is 3.34. The summed E-state index contributed by atoms with van der Waals surface area (Å²) in [6.45, 7) is 11.1. The summed E-state index contributed by atoms with van der Waals surface area (Å²) >= 11 is 0. The van der Waals surface area contributed by atoms with Gasteiger partial charge in [-0.1, -0.05) is 27.7 Å². The predicted octanol–water partition coefficient (Wildman–Crippen LogP) is 3.18. The van der Waals surface area contributed by atoms with E-state index in [1.807, 2.05) is 20.2 Å². The molecule has 0 spiro atoms. The molecule has 0 saturated heterocycles. The van der Waals surface area contributed by atoms with Crippen LogP contribution in [0.1, 0.15) is 52.3 Å². The third-order valence-corrected chi connectivity index (χ3v) is 3.36. The Morgan fingerprint density at radius 2 is 2.00 bits per heavy atom. The first-order chi connectivity index (χ1) is 7.34. The molecule has 1 N–H and O–H groups in total. The van der Waals surface area contributed by atoms with Crippen LogP contribution in [0.15, 0.2) is 10.6 Å². The van der Waals surface area contributed by atoms with Gasteiger partial charge in [0.15, 0.2) is 0 Å². The van der Waals surface area contributed by atoms with Gasteiger partial charge in [-0.3, -0.25) is 0 Å². The van der Waals surface area contributed by atoms with Crippen LogP contribution >= 0.6 is 0 Å². The highest BCUT2D eigenvalue weighted by Gasteiger charge is 2.22. The fourth-order valence-electron chi connectivity index (χ4n) is 1.35. The maximum Gasteiger partial charge on any atom is 0.211 e. The van der Waals surface area contributed by atoms with Crippen molar-refractivity contribution in [2.75, 3.05) is 7.05 Å². The first-order valence-corrected chi connectivity index (χ1v) is 5.96. The molecule has 0 fully saturated rings. The summed E-state index contributed by atoms with van der Waals surface area (Å²) in [5.74, 6) is 2.34. The summed E-state index contributed by atoms with van der Waals surface area (Å²) < 4.78 is 5.73. The molecule has 0 radical (unpaired) electrons. The van der Waals surface area contributed by atoms with Gasteiger partial charge in [-0.2, -0.15) is 0 Å². The molecule has 1 heterocycles. The zero-order valence-electron chi connectivity index (χ0n) is 11.3. The lowest BCUT2D eigenvalue weighted by atomic mass is 9.80. The molecule has 3 nitrogen and oxygen atoms in total. The lowest BCUT2D eigenvalue weighted by molar-refractivity contribution is 0.245. The Morgan fingerprint density at radius 1 is 1.38 bits per heavy atom. The molecule has 0 aromatic carbocycles. The standard InChI is InChI=1S/C13H24N2O/c1-9(13(3,4)5)7-11-8-15-12(16-11)10(2)14-6/h8-10,14H,7H2,1-6H3. The second-order valence-corrected chi connectivity index (χ2v) is 5.65. The van der Waals surface area contributed by atoms with Gasteiger partial charge in [0.1, 0.15) is 5.76 Å². The highest BCUT2D eigenvalue weighted by atomic mass is 16.4. The Morgan fingerprint density at radius 3 is 2.50 bits per heavy atom. The summed E-state index contributed by atoms with van der Waals surface area (Å²) in [7, 11) is 1.91. The minimum Gasteiger partial charge on any atom is -0.444 e. The second-order valence-electron chi connectivity index (χ2n) is 5.65. The molecule has 92 valence electrons. The summed E-state index contributed by atoms with van der Waals surface area (Å²) in [4.78, 5) is 4.29. The fourth-order valence-corrected chi connectivity index (χ4v) is 1.35. The van der Waals surface area contributed by atoms with Crippen molar-refractivity contribution >= 4 is 0 Å². The molecule has 0 aliphatic carbocycles. The number of aromatic nitrogens is 1. The van der Waals surface area contributed by atoms with E-state index in [1.165, 1.54) is 0 Å². The minimum absolute atomic E-state index is 0.179. The molecular weight excluding hydrogens is 200 g/mol. The van der Waals surface area contributed by atoms with Gasteiger partial charge < -0.3 is 9.73 Å². The van der Waals surface area contributed by atoms with E-state index >= 15 is 0 Å². The van der Waals surface area contributed by atoms with E-state index in [1.54, 1.807) is 0 Å². The second kappa shape index (κ2) is 5.00. The van der Waals surface area contributed by atoms with E-state index in [0.29, 0.717) is 11.3 Å². The number of nitrogens with zero attached hydrogens (tertiary/aromatic N) is 1. The molecule has 0 aliphatic heterocycles. The number of oxazole rings is 1. The first kappa shape index (κ1) is 13.2. The Hall–Kier alpha value is -0.830. The average molecular weight is 224 g/mol. The van der Waals surface area contributed by atoms with E-state index in [2.05, 4.69) is 38.0 Å². The van der Waals surface area contributed by atoms with E-state index in [-0.39, 0.29) is 6.04 Å². The van der Waals surface area contributed by atoms with Crippen molar-refractivity contribution in [3.63, 3.8) is 0 Å². The van der Waals surface area contributed by atoms with Crippen LogP contribution in [0, 0.1) is 11.3 Å². The third-order valence-electron chi connectivity index (χ3n) is 3.36. The molecule has 16 heavy (non-hydrogen) atoms. The smallest absolute Gasteiger partial charge is 0.211 e. The molecular formula is C13H24N2O. The van der Waals surface area contributed by atoms with Gasteiger partial charge in [0, 0.05) is 6.42 Å². The van der Waals surface area contributed by atoms with Crippen molar-refractivity contribution in [2.24, 2.45) is 11.3 Å². The van der Waals surface area contributed by atoms with Crippen LogP contribution in [-0.2, 0) is 6.42 Å². The lowest BCUT2D eigenvalue weighted by Crippen LogP contribution is -2.19. The number of hydrogen-bond donors (Lipinski definition) is 1. The zero-order valence-corrected chi connectivity index (χ0v) is 11.3. The molecule has 1 aromatic rings. The van der Waals surface area contributed by atoms with Crippen molar-refractivity contribution in [3.05, 3.63) is 17.8 Å². The van der Waals surface area contributed by atoms with E-state index in [4.69, 9.17) is 4.42 Å². The normalized spacial score (nSPS) is 16.1. The number of nitrogens with one attached hydrogen (secondary N) is 1. The maximum absolute atomic E-state index is 5.73. The molecule has 0 amide bonds. The van der Waals surface area contributed by atoms with Crippen molar-refractivity contribution in [2.45, 2.75) is 47.1 Å². The SMILES string of the molecule is CNC(C)c1ncc(CC(C)C(C)(C)C)o1. The van der Waals surface area contributed by atoms with Gasteiger partial charge in [-0.25, -0.2) is 4.98 Å². The van der Waals surface area contributed by atoms with Crippen molar-refractivity contribution < 1.29 is 4.42 Å². The largest absolute Gasteiger partial charge is 0.444 e. The fraction of sp³-hybridized carbons (Fsp3) is 0.769. The van der Waals surface area contributed by atoms with Gasteiger partial charge in [0.2, 0.25) is 5.89 Å². The molecule has 3 heteroatoms. The molecule has 2 atom stereocenters. The van der Waals surface area contributed by atoms with Crippen molar-refractivity contribution in [1.29, 1.82) is 0 Å². The molecule has 1 aromatic heterocycles. The van der Waals surface area contributed by atoms with Crippen LogP contribution in [0.2, 0.25) is 0 Å². The van der Waals surface area contributed by atoms with Crippen LogP contribution in [0.25, 0.3) is 0 Å². The number of rotatable bonds is 4. The Balaban J connectivity index is 2.66. The van der Waals surface area contributed by atoms with Crippen LogP contribution in [-0.4, -0.2) is 12.0 Å². The molecule has 0 aliphatic rings. The quantitative estimate of drug-likeness (QED) is 0.853. The van der Waals surface area contributed by atoms with Crippen molar-refractivity contribution in [3.8, 4) is 0 Å². The van der Waals surface area contributed by atoms with Gasteiger partial charge in [-0.15, -0.1) is 0 Å². The van der Waals surface area contributed by atoms with Gasteiger partial charge >= 0.3 is 0 Å². The Kier molecular flexibility index (Phi) is 4.14. The van der Waals surface area contributed by atoms with Crippen LogP contribution in [0.3, 0.4) is 0 Å². The summed E-state index contributed by atoms with van der Waals surface area (Å²) in [6, 6.07) is 0.179. The summed E-state index contributed by atoms with van der Waals surface area (Å²) in [6.07, 6.45) is 2.80. The minimum atomic E-state index is 0.179. The highest BCUT2D eigenvalue weighted by molar-refractivity contribution is 4.99. The lowest BCUT2D eigenvalue weighted by Gasteiger charge is -2.26. The van der Waals surface area contributed by atoms with E-state index in [9.17, 15) is 0 Å². The summed E-state index contributed by atoms with van der Waals surface area (Å²) in [5.41, 5.74) is 0.307. The van der Waals surface area contributed by atoms with E-state index in [0.717, 1.165) is 18.1 Å². The van der Waals surface area contributed by atoms with Crippen LogP contribution < -0.4 is 5.32 Å². The topological polar surface area (TPSA) is 38.1 Å². The monoisotopic (exact) mass is 224 g/mol. The zero-order chi connectivity index (χ0) is 12.3. The van der Waals surface area contributed by atoms with Crippen LogP contribution in [0.5, 0.6) is 0 Å². The predicted molar refractivity (Wildman–Crippen MR) is 66.3 cm³/mol.